The molecule has 154 valence electrons. The lowest BCUT2D eigenvalue weighted by Crippen LogP contribution is -2.01. The lowest BCUT2D eigenvalue weighted by Gasteiger charge is -2.15. The fourth-order valence-electron chi connectivity index (χ4n) is 3.89. The molecule has 2 heterocycles. The van der Waals surface area contributed by atoms with Crippen molar-refractivity contribution in [3.63, 3.8) is 0 Å². The van der Waals surface area contributed by atoms with E-state index in [1.807, 2.05) is 25.3 Å². The number of H-pyrrole nitrogens is 1. The van der Waals surface area contributed by atoms with Crippen molar-refractivity contribution < 1.29 is 4.74 Å². The van der Waals surface area contributed by atoms with Gasteiger partial charge in [-0.2, -0.15) is 10.2 Å². The Morgan fingerprint density at radius 3 is 2.39 bits per heavy atom. The summed E-state index contributed by atoms with van der Waals surface area (Å²) in [5.74, 6) is 2.46. The van der Waals surface area contributed by atoms with Crippen LogP contribution in [0.1, 0.15) is 46.6 Å². The number of fused-ring (bicyclic) bond motifs is 1. The molecular weight excluding hydrogens is 386 g/mol. The first-order chi connectivity index (χ1) is 15.0. The number of hydrogen-bond acceptors (Lipinski definition) is 5. The van der Waals surface area contributed by atoms with E-state index in [1.54, 1.807) is 12.1 Å². The number of aromatic nitrogens is 3. The maximum atomic E-state index is 9.00. The first kappa shape index (κ1) is 19.1. The van der Waals surface area contributed by atoms with Crippen molar-refractivity contribution >= 4 is 22.7 Å². The van der Waals surface area contributed by atoms with Crippen LogP contribution in [0.25, 0.3) is 11.0 Å². The van der Waals surface area contributed by atoms with Crippen LogP contribution in [-0.2, 0) is 0 Å². The van der Waals surface area contributed by atoms with Crippen LogP contribution in [0, 0.1) is 32.1 Å². The molecule has 0 radical (unpaired) electrons. The zero-order valence-electron chi connectivity index (χ0n) is 17.8. The molecule has 0 unspecified atom stereocenters. The molecule has 2 aromatic heterocycles. The Bertz CT molecular complexity index is 1300. The molecule has 2 aromatic carbocycles. The quantitative estimate of drug-likeness (QED) is 0.412. The van der Waals surface area contributed by atoms with Crippen LogP contribution in [0.3, 0.4) is 0 Å². The second-order valence-corrected chi connectivity index (χ2v) is 8.22. The van der Waals surface area contributed by atoms with Gasteiger partial charge in [0.2, 0.25) is 11.8 Å². The van der Waals surface area contributed by atoms with Crippen molar-refractivity contribution in [2.24, 2.45) is 0 Å². The van der Waals surface area contributed by atoms with Gasteiger partial charge in [-0.1, -0.05) is 12.1 Å². The molecule has 4 aromatic rings. The maximum absolute atomic E-state index is 9.00. The Kier molecular flexibility index (Phi) is 4.59. The average Bonchev–Trinajstić information content (AvgIpc) is 3.55. The monoisotopic (exact) mass is 409 g/mol. The van der Waals surface area contributed by atoms with Gasteiger partial charge in [0, 0.05) is 11.9 Å². The third-order valence-electron chi connectivity index (χ3n) is 5.68. The van der Waals surface area contributed by atoms with Gasteiger partial charge in [0.15, 0.2) is 0 Å². The van der Waals surface area contributed by atoms with Gasteiger partial charge in [0.1, 0.15) is 16.8 Å². The summed E-state index contributed by atoms with van der Waals surface area (Å²) in [5.41, 5.74) is 7.62. The van der Waals surface area contributed by atoms with Gasteiger partial charge in [-0.15, -0.1) is 0 Å². The van der Waals surface area contributed by atoms with E-state index >= 15 is 0 Å². The number of aromatic amines is 1. The highest BCUT2D eigenvalue weighted by atomic mass is 16.5. The van der Waals surface area contributed by atoms with E-state index in [9.17, 15) is 0 Å². The van der Waals surface area contributed by atoms with Crippen LogP contribution in [0.4, 0.5) is 11.6 Å². The lowest BCUT2D eigenvalue weighted by atomic mass is 10.0. The second-order valence-electron chi connectivity index (χ2n) is 8.22. The lowest BCUT2D eigenvalue weighted by molar-refractivity contribution is 0.460. The zero-order chi connectivity index (χ0) is 21.5. The average molecular weight is 409 g/mol. The van der Waals surface area contributed by atoms with Crippen molar-refractivity contribution in [3.05, 3.63) is 70.4 Å². The highest BCUT2D eigenvalue weighted by molar-refractivity contribution is 5.85. The summed E-state index contributed by atoms with van der Waals surface area (Å²) < 4.78 is 6.37. The van der Waals surface area contributed by atoms with Gasteiger partial charge in [-0.3, -0.25) is 0 Å². The van der Waals surface area contributed by atoms with E-state index in [2.05, 4.69) is 52.3 Å². The van der Waals surface area contributed by atoms with Gasteiger partial charge < -0.3 is 15.0 Å². The smallest absolute Gasteiger partial charge is 0.248 e. The Hall–Kier alpha value is -3.85. The Balaban J connectivity index is 1.53. The van der Waals surface area contributed by atoms with Crippen molar-refractivity contribution in [2.45, 2.75) is 39.5 Å². The molecule has 1 saturated carbocycles. The van der Waals surface area contributed by atoms with Gasteiger partial charge in [0.25, 0.3) is 0 Å². The van der Waals surface area contributed by atoms with Gasteiger partial charge >= 0.3 is 0 Å². The molecule has 1 aliphatic rings. The van der Waals surface area contributed by atoms with Crippen LogP contribution >= 0.6 is 0 Å². The summed E-state index contributed by atoms with van der Waals surface area (Å²) in [6, 6.07) is 13.8. The maximum Gasteiger partial charge on any atom is 0.248 e. The summed E-state index contributed by atoms with van der Waals surface area (Å²) in [4.78, 5) is 12.6. The predicted molar refractivity (Wildman–Crippen MR) is 121 cm³/mol. The van der Waals surface area contributed by atoms with Crippen molar-refractivity contribution in [2.75, 3.05) is 5.32 Å². The molecular formula is C25H23N5O. The molecule has 0 saturated heterocycles. The molecule has 31 heavy (non-hydrogen) atoms. The van der Waals surface area contributed by atoms with E-state index in [0.717, 1.165) is 39.2 Å². The third-order valence-corrected chi connectivity index (χ3v) is 5.68. The van der Waals surface area contributed by atoms with Gasteiger partial charge in [0.05, 0.1) is 11.6 Å². The molecule has 6 nitrogen and oxygen atoms in total. The number of nitrogens with zero attached hydrogens (tertiary/aromatic N) is 3. The Labute approximate surface area is 180 Å². The number of benzene rings is 2. The van der Waals surface area contributed by atoms with E-state index < -0.39 is 0 Å². The van der Waals surface area contributed by atoms with Crippen molar-refractivity contribution in [1.82, 2.24) is 15.0 Å². The second kappa shape index (κ2) is 7.44. The summed E-state index contributed by atoms with van der Waals surface area (Å²) in [6.45, 7) is 6.17. The Morgan fingerprint density at radius 1 is 1.03 bits per heavy atom. The minimum Gasteiger partial charge on any atom is -0.436 e. The minimum atomic E-state index is 0.444. The van der Waals surface area contributed by atoms with Crippen LogP contribution in [0.2, 0.25) is 0 Å². The van der Waals surface area contributed by atoms with E-state index in [-0.39, 0.29) is 0 Å². The fraction of sp³-hybridized carbons (Fsp3) is 0.240. The molecule has 0 spiro atoms. The number of rotatable bonds is 5. The van der Waals surface area contributed by atoms with E-state index in [4.69, 9.17) is 10.00 Å². The molecule has 0 atom stereocenters. The summed E-state index contributed by atoms with van der Waals surface area (Å²) >= 11 is 0. The van der Waals surface area contributed by atoms with Gasteiger partial charge in [-0.25, -0.2) is 4.98 Å². The third kappa shape index (κ3) is 3.71. The summed E-state index contributed by atoms with van der Waals surface area (Å²) in [6.07, 6.45) is 4.46. The zero-order valence-corrected chi connectivity index (χ0v) is 17.8. The van der Waals surface area contributed by atoms with Crippen LogP contribution in [-0.4, -0.2) is 15.0 Å². The van der Waals surface area contributed by atoms with E-state index in [1.165, 1.54) is 18.4 Å². The number of nitrogens with one attached hydrogen (secondary N) is 2. The van der Waals surface area contributed by atoms with Crippen LogP contribution in [0.5, 0.6) is 11.6 Å². The molecule has 0 bridgehead atoms. The Morgan fingerprint density at radius 2 is 1.74 bits per heavy atom. The molecule has 1 fully saturated rings. The van der Waals surface area contributed by atoms with Crippen molar-refractivity contribution in [1.29, 1.82) is 5.26 Å². The summed E-state index contributed by atoms with van der Waals surface area (Å²) in [5, 5.41) is 12.2. The topological polar surface area (TPSA) is 86.6 Å². The molecule has 1 aliphatic carbocycles. The number of aryl methyl sites for hydroxylation is 3. The number of ether oxygens (including phenoxy) is 1. The molecule has 0 aliphatic heterocycles. The molecule has 5 rings (SSSR count). The highest BCUT2D eigenvalue weighted by Gasteiger charge is 2.25. The largest absolute Gasteiger partial charge is 0.436 e. The van der Waals surface area contributed by atoms with Crippen LogP contribution < -0.4 is 10.1 Å². The standard InChI is InChI=1S/C25H23N5O/c1-14-10-19(18-6-7-18)11-15(2)23(14)31-24-22-21(16(3)13-27-22)29-25(30-24)28-20-8-4-17(12-26)5-9-20/h4-5,8-11,13,18,27H,6-7H2,1-3H3,(H,28,29,30). The fourth-order valence-corrected chi connectivity index (χ4v) is 3.89. The molecule has 6 heteroatoms. The summed E-state index contributed by atoms with van der Waals surface area (Å²) in [7, 11) is 0. The number of nitriles is 1. The predicted octanol–water partition coefficient (Wildman–Crippen LogP) is 6.17. The minimum absolute atomic E-state index is 0.444. The normalized spacial score (nSPS) is 13.2. The first-order valence-electron chi connectivity index (χ1n) is 10.4. The highest BCUT2D eigenvalue weighted by Crippen LogP contribution is 2.43. The van der Waals surface area contributed by atoms with Gasteiger partial charge in [-0.05, 0) is 86.1 Å². The number of hydrogen-bond donors (Lipinski definition) is 2. The number of anilines is 2. The van der Waals surface area contributed by atoms with E-state index in [0.29, 0.717) is 23.3 Å². The van der Waals surface area contributed by atoms with Crippen LogP contribution in [0.15, 0.2) is 42.6 Å². The molecule has 0 amide bonds. The SMILES string of the molecule is Cc1cc(C2CC2)cc(C)c1Oc1nc(Nc2ccc(C#N)cc2)nc2c(C)c[nH]c12. The first-order valence-corrected chi connectivity index (χ1v) is 10.4. The molecule has 2 N–H and O–H groups in total. The van der Waals surface area contributed by atoms with Crippen molar-refractivity contribution in [3.8, 4) is 17.7 Å².